The first-order valence-electron chi connectivity index (χ1n) is 9.15. The quantitative estimate of drug-likeness (QED) is 0.330. The minimum absolute atomic E-state index is 0.112. The van der Waals surface area contributed by atoms with Gasteiger partial charge >= 0.3 is 0 Å². The molecule has 0 unspecified atom stereocenters. The third-order valence-electron chi connectivity index (χ3n) is 4.29. The van der Waals surface area contributed by atoms with Crippen LogP contribution in [-0.2, 0) is 6.54 Å². The van der Waals surface area contributed by atoms with Crippen LogP contribution < -0.4 is 4.90 Å². The fourth-order valence-corrected chi connectivity index (χ4v) is 4.84. The van der Waals surface area contributed by atoms with Crippen LogP contribution in [0.25, 0.3) is 10.2 Å². The molecule has 0 bridgehead atoms. The number of thioether (sulfide) groups is 1. The standard InChI is InChI=1S/C22H18ClN3OS2/c1-2-28-17-11-9-15(10-12-17)21(27)26(14-16-6-3-4-13-24-16)22-25-20-18(23)7-5-8-19(20)29-22/h3-13H,2,14H2,1H3. The van der Waals surface area contributed by atoms with Gasteiger partial charge in [-0.15, -0.1) is 11.8 Å². The molecule has 0 N–H and O–H groups in total. The lowest BCUT2D eigenvalue weighted by molar-refractivity contribution is 0.0984. The molecule has 2 aromatic carbocycles. The van der Waals surface area contributed by atoms with Gasteiger partial charge in [-0.25, -0.2) is 4.98 Å². The monoisotopic (exact) mass is 439 g/mol. The number of aromatic nitrogens is 2. The molecule has 2 heterocycles. The van der Waals surface area contributed by atoms with Crippen molar-refractivity contribution in [1.82, 2.24) is 9.97 Å². The van der Waals surface area contributed by atoms with E-state index in [1.165, 1.54) is 11.3 Å². The van der Waals surface area contributed by atoms with Crippen molar-refractivity contribution >= 4 is 56.0 Å². The van der Waals surface area contributed by atoms with Crippen LogP contribution in [0.5, 0.6) is 0 Å². The second-order valence-electron chi connectivity index (χ2n) is 6.25. The van der Waals surface area contributed by atoms with Gasteiger partial charge in [-0.2, -0.15) is 0 Å². The number of halogens is 1. The van der Waals surface area contributed by atoms with Crippen molar-refractivity contribution in [2.45, 2.75) is 18.4 Å². The van der Waals surface area contributed by atoms with Crippen LogP contribution in [0, 0.1) is 0 Å². The van der Waals surface area contributed by atoms with Gasteiger partial charge in [-0.3, -0.25) is 14.7 Å². The summed E-state index contributed by atoms with van der Waals surface area (Å²) in [6.07, 6.45) is 1.73. The van der Waals surface area contributed by atoms with Gasteiger partial charge in [0, 0.05) is 16.7 Å². The van der Waals surface area contributed by atoms with Crippen molar-refractivity contribution in [3.05, 3.63) is 83.1 Å². The Kier molecular flexibility index (Phi) is 6.13. The third kappa shape index (κ3) is 4.45. The van der Waals surface area contributed by atoms with Crippen molar-refractivity contribution in [2.24, 2.45) is 0 Å². The fraction of sp³-hybridized carbons (Fsp3) is 0.136. The minimum Gasteiger partial charge on any atom is -0.278 e. The predicted molar refractivity (Wildman–Crippen MR) is 122 cm³/mol. The molecular weight excluding hydrogens is 422 g/mol. The number of rotatable bonds is 6. The largest absolute Gasteiger partial charge is 0.278 e. The van der Waals surface area contributed by atoms with Crippen molar-refractivity contribution in [3.63, 3.8) is 0 Å². The lowest BCUT2D eigenvalue weighted by atomic mass is 10.2. The number of hydrogen-bond donors (Lipinski definition) is 0. The molecule has 4 aromatic rings. The number of nitrogens with zero attached hydrogens (tertiary/aromatic N) is 3. The number of anilines is 1. The number of carbonyl (C=O) groups is 1. The SMILES string of the molecule is CCSc1ccc(C(=O)N(Cc2ccccn2)c2nc3c(Cl)cccc3s2)cc1. The number of para-hydroxylation sites is 1. The second kappa shape index (κ2) is 8.95. The Morgan fingerprint density at radius 2 is 1.93 bits per heavy atom. The molecule has 0 spiro atoms. The minimum atomic E-state index is -0.112. The molecule has 0 saturated heterocycles. The molecule has 0 radical (unpaired) electrons. The summed E-state index contributed by atoms with van der Waals surface area (Å²) in [5.74, 6) is 0.879. The van der Waals surface area contributed by atoms with Gasteiger partial charge in [0.15, 0.2) is 5.13 Å². The van der Waals surface area contributed by atoms with Gasteiger partial charge in [0.05, 0.1) is 22.0 Å². The van der Waals surface area contributed by atoms with Gasteiger partial charge in [0.25, 0.3) is 5.91 Å². The molecule has 0 atom stereocenters. The first kappa shape index (κ1) is 19.9. The lowest BCUT2D eigenvalue weighted by Crippen LogP contribution is -2.30. The summed E-state index contributed by atoms with van der Waals surface area (Å²) in [7, 11) is 0. The Labute approximate surface area is 182 Å². The number of thiazole rings is 1. The zero-order chi connectivity index (χ0) is 20.2. The Morgan fingerprint density at radius 1 is 1.10 bits per heavy atom. The lowest BCUT2D eigenvalue weighted by Gasteiger charge is -2.19. The molecule has 1 amide bonds. The zero-order valence-electron chi connectivity index (χ0n) is 15.7. The molecule has 7 heteroatoms. The van der Waals surface area contributed by atoms with E-state index in [4.69, 9.17) is 11.6 Å². The average molecular weight is 440 g/mol. The van der Waals surface area contributed by atoms with Crippen molar-refractivity contribution in [2.75, 3.05) is 10.7 Å². The van der Waals surface area contributed by atoms with Gasteiger partial charge < -0.3 is 0 Å². The summed E-state index contributed by atoms with van der Waals surface area (Å²) in [5.41, 5.74) is 2.12. The van der Waals surface area contributed by atoms with E-state index in [9.17, 15) is 4.79 Å². The average Bonchev–Trinajstić information content (AvgIpc) is 3.18. The highest BCUT2D eigenvalue weighted by molar-refractivity contribution is 7.99. The van der Waals surface area contributed by atoms with Crippen LogP contribution >= 0.6 is 34.7 Å². The predicted octanol–water partition coefficient (Wildman–Crippen LogP) is 6.30. The molecule has 0 saturated carbocycles. The number of pyridine rings is 1. The Morgan fingerprint density at radius 3 is 2.62 bits per heavy atom. The summed E-state index contributed by atoms with van der Waals surface area (Å²) >= 11 is 9.50. The normalized spacial score (nSPS) is 11.0. The molecule has 29 heavy (non-hydrogen) atoms. The fourth-order valence-electron chi connectivity index (χ4n) is 2.91. The van der Waals surface area contributed by atoms with Gasteiger partial charge in [0.1, 0.15) is 5.52 Å². The topological polar surface area (TPSA) is 46.1 Å². The van der Waals surface area contributed by atoms with E-state index in [2.05, 4.69) is 16.9 Å². The van der Waals surface area contributed by atoms with Crippen LogP contribution in [0.1, 0.15) is 23.0 Å². The van der Waals surface area contributed by atoms with E-state index in [0.29, 0.717) is 27.8 Å². The smallest absolute Gasteiger partial charge is 0.260 e. The van der Waals surface area contributed by atoms with Crippen LogP contribution in [-0.4, -0.2) is 21.6 Å². The van der Waals surface area contributed by atoms with E-state index >= 15 is 0 Å². The van der Waals surface area contributed by atoms with Crippen LogP contribution in [0.3, 0.4) is 0 Å². The maximum Gasteiger partial charge on any atom is 0.260 e. The third-order valence-corrected chi connectivity index (χ3v) is 6.54. The Hall–Kier alpha value is -2.41. The maximum absolute atomic E-state index is 13.4. The summed E-state index contributed by atoms with van der Waals surface area (Å²) in [4.78, 5) is 25.3. The first-order valence-corrected chi connectivity index (χ1v) is 11.3. The molecule has 0 aliphatic heterocycles. The Bertz CT molecular complexity index is 1130. The summed E-state index contributed by atoms with van der Waals surface area (Å²) < 4.78 is 0.945. The highest BCUT2D eigenvalue weighted by atomic mass is 35.5. The summed E-state index contributed by atoms with van der Waals surface area (Å²) in [5, 5.41) is 1.19. The van der Waals surface area contributed by atoms with E-state index in [1.54, 1.807) is 22.9 Å². The van der Waals surface area contributed by atoms with Crippen LogP contribution in [0.2, 0.25) is 5.02 Å². The highest BCUT2D eigenvalue weighted by Crippen LogP contribution is 2.34. The van der Waals surface area contributed by atoms with Crippen molar-refractivity contribution in [1.29, 1.82) is 0 Å². The number of hydrogen-bond acceptors (Lipinski definition) is 5. The highest BCUT2D eigenvalue weighted by Gasteiger charge is 2.22. The number of amides is 1. The van der Waals surface area contributed by atoms with Gasteiger partial charge in [0.2, 0.25) is 0 Å². The molecule has 4 nitrogen and oxygen atoms in total. The van der Waals surface area contributed by atoms with E-state index in [0.717, 1.165) is 21.0 Å². The van der Waals surface area contributed by atoms with Crippen molar-refractivity contribution < 1.29 is 4.79 Å². The number of benzene rings is 2. The molecule has 0 aliphatic rings. The molecule has 2 aromatic heterocycles. The zero-order valence-corrected chi connectivity index (χ0v) is 18.1. The summed E-state index contributed by atoms with van der Waals surface area (Å²) in [6, 6.07) is 19.0. The number of fused-ring (bicyclic) bond motifs is 1. The van der Waals surface area contributed by atoms with Gasteiger partial charge in [-0.05, 0) is 54.3 Å². The van der Waals surface area contributed by atoms with E-state index in [-0.39, 0.29) is 5.91 Å². The molecule has 4 rings (SSSR count). The summed E-state index contributed by atoms with van der Waals surface area (Å²) in [6.45, 7) is 2.44. The van der Waals surface area contributed by atoms with Crippen LogP contribution in [0.4, 0.5) is 5.13 Å². The van der Waals surface area contributed by atoms with Gasteiger partial charge in [-0.1, -0.05) is 42.0 Å². The Balaban J connectivity index is 1.72. The first-order chi connectivity index (χ1) is 14.2. The molecular formula is C22H18ClN3OS2. The molecule has 146 valence electrons. The van der Waals surface area contributed by atoms with Crippen molar-refractivity contribution in [3.8, 4) is 0 Å². The van der Waals surface area contributed by atoms with E-state index in [1.807, 2.05) is 60.7 Å². The van der Waals surface area contributed by atoms with Crippen LogP contribution in [0.15, 0.2) is 71.8 Å². The molecule has 0 fully saturated rings. The second-order valence-corrected chi connectivity index (χ2v) is 9.01. The number of carbonyl (C=O) groups excluding carboxylic acids is 1. The maximum atomic E-state index is 13.4. The molecule has 0 aliphatic carbocycles. The van der Waals surface area contributed by atoms with E-state index < -0.39 is 0 Å².